The number of aryl methyl sites for hydroxylation is 3. The monoisotopic (exact) mass is 384 g/mol. The first kappa shape index (κ1) is 18.7. The van der Waals surface area contributed by atoms with Crippen molar-refractivity contribution in [1.82, 2.24) is 9.78 Å². The highest BCUT2D eigenvalue weighted by Gasteiger charge is 2.16. The zero-order valence-corrected chi connectivity index (χ0v) is 16.0. The summed E-state index contributed by atoms with van der Waals surface area (Å²) in [5.74, 6) is -0.339. The van der Waals surface area contributed by atoms with Crippen LogP contribution in [0.5, 0.6) is 0 Å². The van der Waals surface area contributed by atoms with E-state index in [4.69, 9.17) is 0 Å². The molecule has 1 heterocycles. The summed E-state index contributed by atoms with van der Waals surface area (Å²) < 4.78 is 29.2. The van der Waals surface area contributed by atoms with E-state index in [1.807, 2.05) is 19.9 Å². The van der Waals surface area contributed by atoms with Gasteiger partial charge in [-0.1, -0.05) is 6.07 Å². The third-order valence-electron chi connectivity index (χ3n) is 4.15. The van der Waals surface area contributed by atoms with Crippen molar-refractivity contribution < 1.29 is 13.2 Å². The quantitative estimate of drug-likeness (QED) is 0.707. The predicted molar refractivity (Wildman–Crippen MR) is 104 cm³/mol. The summed E-state index contributed by atoms with van der Waals surface area (Å²) in [4.78, 5) is 12.3. The van der Waals surface area contributed by atoms with Crippen LogP contribution in [0.3, 0.4) is 0 Å². The maximum atomic E-state index is 12.6. The Bertz CT molecular complexity index is 1090. The zero-order valence-electron chi connectivity index (χ0n) is 15.2. The molecule has 27 heavy (non-hydrogen) atoms. The minimum absolute atomic E-state index is 0.0821. The lowest BCUT2D eigenvalue weighted by molar-refractivity contribution is 0.102. The molecule has 1 amide bonds. The number of carbonyl (C=O) groups is 1. The van der Waals surface area contributed by atoms with Gasteiger partial charge in [-0.2, -0.15) is 5.10 Å². The molecule has 1 aromatic heterocycles. The maximum absolute atomic E-state index is 12.6. The zero-order chi connectivity index (χ0) is 19.6. The van der Waals surface area contributed by atoms with Crippen molar-refractivity contribution in [2.45, 2.75) is 18.7 Å². The molecule has 0 saturated heterocycles. The lowest BCUT2D eigenvalue weighted by atomic mass is 10.1. The Morgan fingerprint density at radius 3 is 2.30 bits per heavy atom. The molecule has 2 N–H and O–H groups in total. The van der Waals surface area contributed by atoms with E-state index in [0.29, 0.717) is 16.9 Å². The van der Waals surface area contributed by atoms with Gasteiger partial charge in [0.25, 0.3) is 15.9 Å². The number of sulfonamides is 1. The lowest BCUT2D eigenvalue weighted by Gasteiger charge is -2.10. The number of carbonyl (C=O) groups excluding carboxylic acids is 1. The normalized spacial score (nSPS) is 11.2. The number of anilines is 2. The molecule has 0 saturated carbocycles. The van der Waals surface area contributed by atoms with Crippen molar-refractivity contribution in [3.05, 3.63) is 71.5 Å². The first-order chi connectivity index (χ1) is 12.7. The van der Waals surface area contributed by atoms with E-state index >= 15 is 0 Å². The Kier molecular flexibility index (Phi) is 5.00. The van der Waals surface area contributed by atoms with Gasteiger partial charge in [0, 0.05) is 24.5 Å². The van der Waals surface area contributed by atoms with Crippen molar-refractivity contribution >= 4 is 27.3 Å². The van der Waals surface area contributed by atoms with E-state index in [0.717, 1.165) is 11.1 Å². The van der Waals surface area contributed by atoms with E-state index < -0.39 is 10.0 Å². The molecule has 140 valence electrons. The first-order valence-electron chi connectivity index (χ1n) is 8.25. The number of nitrogens with zero attached hydrogens (tertiary/aromatic N) is 2. The number of benzene rings is 2. The Labute approximate surface area is 158 Å². The molecular formula is C19H20N4O3S. The van der Waals surface area contributed by atoms with Crippen molar-refractivity contribution in [3.63, 3.8) is 0 Å². The van der Waals surface area contributed by atoms with Crippen LogP contribution in [0.4, 0.5) is 11.4 Å². The molecule has 0 aliphatic heterocycles. The molecule has 2 aromatic carbocycles. The molecule has 0 unspecified atom stereocenters. The molecule has 0 atom stereocenters. The number of hydrogen-bond acceptors (Lipinski definition) is 4. The van der Waals surface area contributed by atoms with Crippen LogP contribution in [0.15, 0.2) is 59.8 Å². The summed E-state index contributed by atoms with van der Waals surface area (Å²) in [6.45, 7) is 3.88. The molecule has 8 heteroatoms. The molecule has 0 fully saturated rings. The van der Waals surface area contributed by atoms with Crippen molar-refractivity contribution in [1.29, 1.82) is 0 Å². The fourth-order valence-corrected chi connectivity index (χ4v) is 3.54. The van der Waals surface area contributed by atoms with E-state index in [1.165, 1.54) is 30.5 Å². The summed E-state index contributed by atoms with van der Waals surface area (Å²) >= 11 is 0. The van der Waals surface area contributed by atoms with Crippen LogP contribution >= 0.6 is 0 Å². The van der Waals surface area contributed by atoms with E-state index in [1.54, 1.807) is 30.1 Å². The van der Waals surface area contributed by atoms with Crippen LogP contribution < -0.4 is 10.0 Å². The van der Waals surface area contributed by atoms with Gasteiger partial charge in [-0.05, 0) is 61.4 Å². The molecule has 7 nitrogen and oxygen atoms in total. The summed E-state index contributed by atoms with van der Waals surface area (Å²) in [7, 11) is -1.99. The van der Waals surface area contributed by atoms with Gasteiger partial charge in [0.05, 0.1) is 16.8 Å². The molecule has 0 spiro atoms. The Morgan fingerprint density at radius 1 is 1.00 bits per heavy atom. The van der Waals surface area contributed by atoms with Crippen LogP contribution in [-0.4, -0.2) is 24.1 Å². The second-order valence-corrected chi connectivity index (χ2v) is 7.97. The van der Waals surface area contributed by atoms with Gasteiger partial charge in [0.2, 0.25) is 0 Å². The highest BCUT2D eigenvalue weighted by atomic mass is 32.2. The van der Waals surface area contributed by atoms with Crippen LogP contribution in [-0.2, 0) is 17.1 Å². The number of hydrogen-bond donors (Lipinski definition) is 2. The van der Waals surface area contributed by atoms with Crippen LogP contribution in [0.1, 0.15) is 21.5 Å². The smallest absolute Gasteiger partial charge is 0.261 e. The predicted octanol–water partition coefficient (Wildman–Crippen LogP) is 3.09. The fraction of sp³-hybridized carbons (Fsp3) is 0.158. The average Bonchev–Trinajstić information content (AvgIpc) is 3.03. The van der Waals surface area contributed by atoms with Gasteiger partial charge < -0.3 is 5.32 Å². The van der Waals surface area contributed by atoms with Gasteiger partial charge in [0.1, 0.15) is 0 Å². The largest absolute Gasteiger partial charge is 0.319 e. The van der Waals surface area contributed by atoms with E-state index in [-0.39, 0.29) is 10.8 Å². The minimum atomic E-state index is -3.74. The Balaban J connectivity index is 1.75. The Morgan fingerprint density at radius 2 is 1.70 bits per heavy atom. The summed E-state index contributed by atoms with van der Waals surface area (Å²) in [5.41, 5.74) is 3.50. The molecule has 3 rings (SSSR count). The second-order valence-electron chi connectivity index (χ2n) is 6.29. The molecular weight excluding hydrogens is 364 g/mol. The van der Waals surface area contributed by atoms with Gasteiger partial charge in [-0.25, -0.2) is 8.42 Å². The van der Waals surface area contributed by atoms with Crippen LogP contribution in [0.2, 0.25) is 0 Å². The lowest BCUT2D eigenvalue weighted by Crippen LogP contribution is -2.14. The van der Waals surface area contributed by atoms with Gasteiger partial charge in [0.15, 0.2) is 0 Å². The van der Waals surface area contributed by atoms with Crippen LogP contribution in [0, 0.1) is 13.8 Å². The number of amides is 1. The first-order valence-corrected chi connectivity index (χ1v) is 9.73. The molecule has 0 aliphatic rings. The standard InChI is InChI=1S/C19H20N4O3S/c1-13-4-7-16(10-14(13)2)22-27(25,26)18-8-5-15(6-9-18)19(24)21-17-11-20-23(3)12-17/h4-12,22H,1-3H3,(H,21,24). The van der Waals surface area contributed by atoms with Gasteiger partial charge in [-0.3, -0.25) is 14.2 Å². The summed E-state index contributed by atoms with van der Waals surface area (Å²) in [6, 6.07) is 11.1. The summed E-state index contributed by atoms with van der Waals surface area (Å²) in [6.07, 6.45) is 3.20. The van der Waals surface area contributed by atoms with Gasteiger partial charge in [-0.15, -0.1) is 0 Å². The third kappa shape index (κ3) is 4.35. The SMILES string of the molecule is Cc1ccc(NS(=O)(=O)c2ccc(C(=O)Nc3cnn(C)c3)cc2)cc1C. The van der Waals surface area contributed by atoms with Gasteiger partial charge >= 0.3 is 0 Å². The minimum Gasteiger partial charge on any atom is -0.319 e. The number of nitrogens with one attached hydrogen (secondary N) is 2. The average molecular weight is 384 g/mol. The van der Waals surface area contributed by atoms with Crippen LogP contribution in [0.25, 0.3) is 0 Å². The summed E-state index contributed by atoms with van der Waals surface area (Å²) in [5, 5.41) is 6.68. The fourth-order valence-electron chi connectivity index (χ4n) is 2.49. The van der Waals surface area contributed by atoms with E-state index in [2.05, 4.69) is 15.1 Å². The maximum Gasteiger partial charge on any atom is 0.261 e. The second kappa shape index (κ2) is 7.24. The number of aromatic nitrogens is 2. The van der Waals surface area contributed by atoms with Crippen molar-refractivity contribution in [2.24, 2.45) is 7.05 Å². The molecule has 3 aromatic rings. The highest BCUT2D eigenvalue weighted by Crippen LogP contribution is 2.19. The van der Waals surface area contributed by atoms with Crippen molar-refractivity contribution in [2.75, 3.05) is 10.0 Å². The number of rotatable bonds is 5. The Hall–Kier alpha value is -3.13. The van der Waals surface area contributed by atoms with Crippen molar-refractivity contribution in [3.8, 4) is 0 Å². The topological polar surface area (TPSA) is 93.1 Å². The molecule has 0 aliphatic carbocycles. The van der Waals surface area contributed by atoms with E-state index in [9.17, 15) is 13.2 Å². The third-order valence-corrected chi connectivity index (χ3v) is 5.55. The molecule has 0 radical (unpaired) electrons. The molecule has 0 bridgehead atoms. The highest BCUT2D eigenvalue weighted by molar-refractivity contribution is 7.92.